The minimum absolute atomic E-state index is 0.113. The lowest BCUT2D eigenvalue weighted by Crippen LogP contribution is -2.65. The Morgan fingerprint density at radius 3 is 2.67 bits per heavy atom. The van der Waals surface area contributed by atoms with E-state index in [2.05, 4.69) is 15.1 Å². The molecule has 2 aromatic heterocycles. The van der Waals surface area contributed by atoms with Gasteiger partial charge in [0.15, 0.2) is 5.82 Å². The summed E-state index contributed by atoms with van der Waals surface area (Å²) in [6, 6.07) is 3.43. The summed E-state index contributed by atoms with van der Waals surface area (Å²) in [4.78, 5) is 22.0. The summed E-state index contributed by atoms with van der Waals surface area (Å²) in [6.07, 6.45) is 4.49. The first-order valence-corrected chi connectivity index (χ1v) is 6.82. The Labute approximate surface area is 122 Å². The van der Waals surface area contributed by atoms with E-state index in [0.29, 0.717) is 24.5 Å². The van der Waals surface area contributed by atoms with Gasteiger partial charge in [-0.15, -0.1) is 0 Å². The fourth-order valence-corrected chi connectivity index (χ4v) is 2.28. The van der Waals surface area contributed by atoms with Gasteiger partial charge in [-0.1, -0.05) is 13.8 Å². The van der Waals surface area contributed by atoms with Crippen LogP contribution in [0, 0.1) is 5.92 Å². The van der Waals surface area contributed by atoms with Gasteiger partial charge in [-0.2, -0.15) is 5.10 Å². The number of hydrogen-bond donors (Lipinski definition) is 1. The Hall–Kier alpha value is -2.28. The number of rotatable bonds is 3. The molecule has 0 radical (unpaired) electrons. The van der Waals surface area contributed by atoms with Crippen molar-refractivity contribution in [3.05, 3.63) is 36.5 Å². The molecule has 0 aliphatic carbocycles. The van der Waals surface area contributed by atoms with Gasteiger partial charge in [0, 0.05) is 6.20 Å². The summed E-state index contributed by atoms with van der Waals surface area (Å²) in [5, 5.41) is 14.2. The lowest BCUT2D eigenvalue weighted by molar-refractivity contribution is -0.110. The largest absolute Gasteiger partial charge is 0.386 e. The van der Waals surface area contributed by atoms with Crippen LogP contribution in [0.25, 0.3) is 5.82 Å². The van der Waals surface area contributed by atoms with E-state index in [1.54, 1.807) is 23.4 Å². The molecule has 0 bridgehead atoms. The number of carbonyl (C=O) groups is 1. The van der Waals surface area contributed by atoms with E-state index < -0.39 is 5.60 Å². The lowest BCUT2D eigenvalue weighted by Gasteiger charge is -2.49. The highest BCUT2D eigenvalue weighted by molar-refractivity contribution is 5.94. The molecule has 0 aromatic carbocycles. The van der Waals surface area contributed by atoms with Crippen molar-refractivity contribution >= 4 is 5.91 Å². The normalized spacial score (nSPS) is 16.9. The second-order valence-electron chi connectivity index (χ2n) is 5.66. The molecule has 7 heteroatoms. The van der Waals surface area contributed by atoms with Crippen LogP contribution in [-0.2, 0) is 0 Å². The van der Waals surface area contributed by atoms with Gasteiger partial charge in [0.1, 0.15) is 18.3 Å². The summed E-state index contributed by atoms with van der Waals surface area (Å²) in [5.41, 5.74) is -0.256. The molecule has 0 atom stereocenters. The van der Waals surface area contributed by atoms with E-state index >= 15 is 0 Å². The minimum Gasteiger partial charge on any atom is -0.386 e. The minimum atomic E-state index is -0.760. The maximum absolute atomic E-state index is 12.3. The molecule has 1 amide bonds. The van der Waals surface area contributed by atoms with Crippen molar-refractivity contribution in [2.24, 2.45) is 5.92 Å². The Bertz CT molecular complexity index is 630. The van der Waals surface area contributed by atoms with Crippen LogP contribution in [0.15, 0.2) is 31.0 Å². The molecule has 0 unspecified atom stereocenters. The molecule has 0 spiro atoms. The van der Waals surface area contributed by atoms with Crippen LogP contribution < -0.4 is 0 Å². The quantitative estimate of drug-likeness (QED) is 0.889. The summed E-state index contributed by atoms with van der Waals surface area (Å²) in [7, 11) is 0. The zero-order valence-corrected chi connectivity index (χ0v) is 12.0. The van der Waals surface area contributed by atoms with E-state index in [4.69, 9.17) is 0 Å². The molecule has 2 aromatic rings. The highest BCUT2D eigenvalue weighted by Gasteiger charge is 2.45. The summed E-state index contributed by atoms with van der Waals surface area (Å²) >= 11 is 0. The zero-order valence-electron chi connectivity index (χ0n) is 12.0. The van der Waals surface area contributed by atoms with E-state index in [-0.39, 0.29) is 11.8 Å². The summed E-state index contributed by atoms with van der Waals surface area (Å²) in [6.45, 7) is 4.65. The van der Waals surface area contributed by atoms with Crippen LogP contribution in [-0.4, -0.2) is 54.4 Å². The Kier molecular flexibility index (Phi) is 3.21. The molecule has 3 heterocycles. The lowest BCUT2D eigenvalue weighted by atomic mass is 9.83. The molecule has 7 nitrogen and oxygen atoms in total. The molecular weight excluding hydrogens is 270 g/mol. The number of aliphatic hydroxyl groups is 1. The monoisotopic (exact) mass is 287 g/mol. The van der Waals surface area contributed by atoms with Crippen molar-refractivity contribution in [3.63, 3.8) is 0 Å². The van der Waals surface area contributed by atoms with Gasteiger partial charge in [-0.05, 0) is 18.1 Å². The molecule has 1 fully saturated rings. The first-order chi connectivity index (χ1) is 9.99. The predicted molar refractivity (Wildman–Crippen MR) is 74.8 cm³/mol. The standard InChI is InChI=1S/C14H17N5O2/c1-10(2)14(21)6-18(7-14)13(20)11-3-4-12(16-5-11)19-9-15-8-17-19/h3-5,8-10,21H,6-7H2,1-2H3. The number of amides is 1. The highest BCUT2D eigenvalue weighted by Crippen LogP contribution is 2.29. The molecule has 1 N–H and O–H groups in total. The zero-order chi connectivity index (χ0) is 15.0. The first kappa shape index (κ1) is 13.7. The molecule has 1 saturated heterocycles. The fourth-order valence-electron chi connectivity index (χ4n) is 2.28. The molecule has 0 saturated carbocycles. The highest BCUT2D eigenvalue weighted by atomic mass is 16.3. The molecule has 1 aliphatic heterocycles. The van der Waals surface area contributed by atoms with Gasteiger partial charge in [-0.3, -0.25) is 4.79 Å². The number of likely N-dealkylation sites (tertiary alicyclic amines) is 1. The molecular formula is C14H17N5O2. The van der Waals surface area contributed by atoms with Crippen LogP contribution in [0.3, 0.4) is 0 Å². The van der Waals surface area contributed by atoms with Crippen LogP contribution in [0.2, 0.25) is 0 Å². The Morgan fingerprint density at radius 1 is 1.38 bits per heavy atom. The van der Waals surface area contributed by atoms with Crippen molar-refractivity contribution in [2.45, 2.75) is 19.4 Å². The second kappa shape index (κ2) is 4.92. The van der Waals surface area contributed by atoms with Crippen LogP contribution in [0.5, 0.6) is 0 Å². The van der Waals surface area contributed by atoms with Crippen molar-refractivity contribution in [1.82, 2.24) is 24.6 Å². The average Bonchev–Trinajstić information content (AvgIpc) is 2.97. The smallest absolute Gasteiger partial charge is 0.255 e. The third-order valence-corrected chi connectivity index (χ3v) is 3.94. The Morgan fingerprint density at radius 2 is 2.14 bits per heavy atom. The number of aromatic nitrogens is 4. The van der Waals surface area contributed by atoms with Gasteiger partial charge in [0.05, 0.1) is 18.7 Å². The first-order valence-electron chi connectivity index (χ1n) is 6.82. The van der Waals surface area contributed by atoms with Gasteiger partial charge >= 0.3 is 0 Å². The van der Waals surface area contributed by atoms with Crippen molar-refractivity contribution < 1.29 is 9.90 Å². The SMILES string of the molecule is CC(C)C1(O)CN(C(=O)c2ccc(-n3cncn3)nc2)C1. The summed E-state index contributed by atoms with van der Waals surface area (Å²) < 4.78 is 1.52. The number of carbonyl (C=O) groups excluding carboxylic acids is 1. The van der Waals surface area contributed by atoms with Crippen molar-refractivity contribution in [3.8, 4) is 5.82 Å². The third-order valence-electron chi connectivity index (χ3n) is 3.94. The fraction of sp³-hybridized carbons (Fsp3) is 0.429. The average molecular weight is 287 g/mol. The van der Waals surface area contributed by atoms with Crippen molar-refractivity contribution in [1.29, 1.82) is 0 Å². The maximum atomic E-state index is 12.3. The van der Waals surface area contributed by atoms with Gasteiger partial charge in [-0.25, -0.2) is 14.6 Å². The molecule has 3 rings (SSSR count). The van der Waals surface area contributed by atoms with Crippen LogP contribution in [0.1, 0.15) is 24.2 Å². The van der Waals surface area contributed by atoms with E-state index in [0.717, 1.165) is 0 Å². The van der Waals surface area contributed by atoms with E-state index in [9.17, 15) is 9.90 Å². The van der Waals surface area contributed by atoms with Gasteiger partial charge < -0.3 is 10.0 Å². The van der Waals surface area contributed by atoms with Gasteiger partial charge in [0.2, 0.25) is 0 Å². The predicted octanol–water partition coefficient (Wildman–Crippen LogP) is 0.505. The molecule has 21 heavy (non-hydrogen) atoms. The molecule has 1 aliphatic rings. The summed E-state index contributed by atoms with van der Waals surface area (Å²) in [5.74, 6) is 0.624. The van der Waals surface area contributed by atoms with Crippen LogP contribution in [0.4, 0.5) is 0 Å². The van der Waals surface area contributed by atoms with E-state index in [1.165, 1.54) is 17.2 Å². The Balaban J connectivity index is 1.70. The second-order valence-corrected chi connectivity index (χ2v) is 5.66. The van der Waals surface area contributed by atoms with Crippen LogP contribution >= 0.6 is 0 Å². The topological polar surface area (TPSA) is 84.1 Å². The maximum Gasteiger partial charge on any atom is 0.255 e. The number of nitrogens with zero attached hydrogens (tertiary/aromatic N) is 5. The number of β-amino-alcohol motifs (C(OH)–C–C–N with tert-alkyl or cyclic N) is 1. The van der Waals surface area contributed by atoms with E-state index in [1.807, 2.05) is 13.8 Å². The number of hydrogen-bond acceptors (Lipinski definition) is 5. The molecule has 110 valence electrons. The van der Waals surface area contributed by atoms with Gasteiger partial charge in [0.25, 0.3) is 5.91 Å². The third kappa shape index (κ3) is 2.40. The number of pyridine rings is 1. The van der Waals surface area contributed by atoms with Crippen molar-refractivity contribution in [2.75, 3.05) is 13.1 Å².